The van der Waals surface area contributed by atoms with E-state index < -0.39 is 41.7 Å². The molecule has 0 unspecified atom stereocenters. The summed E-state index contributed by atoms with van der Waals surface area (Å²) in [6.07, 6.45) is 0. The number of carbonyl (C=O) groups excluding carboxylic acids is 3. The van der Waals surface area contributed by atoms with Gasteiger partial charge >= 0.3 is 17.9 Å². The number of esters is 2. The summed E-state index contributed by atoms with van der Waals surface area (Å²) in [6.45, 7) is 0.974. The Balaban J connectivity index is 5.26. The van der Waals surface area contributed by atoms with Crippen molar-refractivity contribution in [3.05, 3.63) is 0 Å². The number of amides is 1. The molecule has 0 saturated carbocycles. The van der Waals surface area contributed by atoms with Crippen LogP contribution in [0.15, 0.2) is 0 Å². The molecule has 9 nitrogen and oxygen atoms in total. The Morgan fingerprint density at radius 3 is 1.86 bits per heavy atom. The molecule has 0 heterocycles. The Morgan fingerprint density at radius 1 is 1.05 bits per heavy atom. The van der Waals surface area contributed by atoms with Crippen LogP contribution in [-0.4, -0.2) is 62.9 Å². The highest BCUT2D eigenvalue weighted by Crippen LogP contribution is 2.19. The second kappa shape index (κ2) is 8.90. The van der Waals surface area contributed by atoms with Crippen molar-refractivity contribution in [2.75, 3.05) is 27.9 Å². The monoisotopic (exact) mass is 305 g/mol. The van der Waals surface area contributed by atoms with Crippen LogP contribution in [0.5, 0.6) is 0 Å². The highest BCUT2D eigenvalue weighted by molar-refractivity contribution is 5.96. The highest BCUT2D eigenvalue weighted by Gasteiger charge is 2.41. The van der Waals surface area contributed by atoms with E-state index in [0.29, 0.717) is 0 Å². The number of hydrogen-bond acceptors (Lipinski definition) is 7. The van der Waals surface area contributed by atoms with Crippen LogP contribution in [0.2, 0.25) is 0 Å². The molecule has 1 amide bonds. The van der Waals surface area contributed by atoms with Gasteiger partial charge in [-0.05, 0) is 0 Å². The maximum atomic E-state index is 11.6. The summed E-state index contributed by atoms with van der Waals surface area (Å²) in [6, 6.07) is -1.48. The molecular formula is C12H19NO8. The molecule has 0 aliphatic rings. The molecule has 0 aromatic heterocycles. The van der Waals surface area contributed by atoms with E-state index >= 15 is 0 Å². The number of hydrogen-bond donors (Lipinski definition) is 2. The van der Waals surface area contributed by atoms with Gasteiger partial charge in [0.15, 0.2) is 5.92 Å². The van der Waals surface area contributed by atoms with Crippen LogP contribution in [-0.2, 0) is 33.4 Å². The average molecular weight is 305 g/mol. The van der Waals surface area contributed by atoms with Gasteiger partial charge in [-0.3, -0.25) is 14.4 Å². The molecule has 9 heteroatoms. The van der Waals surface area contributed by atoms with Crippen LogP contribution in [0.3, 0.4) is 0 Å². The Hall–Kier alpha value is -2.16. The fraction of sp³-hybridized carbons (Fsp3) is 0.667. The van der Waals surface area contributed by atoms with Gasteiger partial charge in [0.1, 0.15) is 12.6 Å². The second-order valence-electron chi connectivity index (χ2n) is 4.20. The molecule has 0 aliphatic heterocycles. The van der Waals surface area contributed by atoms with Gasteiger partial charge < -0.3 is 24.6 Å². The number of ether oxygens (including phenoxy) is 3. The minimum Gasteiger partial charge on any atom is -0.480 e. The molecule has 0 aromatic rings. The first kappa shape index (κ1) is 18.8. The van der Waals surface area contributed by atoms with E-state index in [1.54, 1.807) is 0 Å². The Bertz CT molecular complexity index is 392. The fourth-order valence-corrected chi connectivity index (χ4v) is 1.74. The Labute approximate surface area is 121 Å². The van der Waals surface area contributed by atoms with Gasteiger partial charge in [0.05, 0.1) is 14.2 Å². The lowest BCUT2D eigenvalue weighted by atomic mass is 9.87. The molecule has 0 bridgehead atoms. The number of carbonyl (C=O) groups is 4. The lowest BCUT2D eigenvalue weighted by molar-refractivity contribution is -0.163. The number of methoxy groups -OCH3 is 3. The minimum atomic E-state index is -1.48. The van der Waals surface area contributed by atoms with Crippen molar-refractivity contribution in [3.63, 3.8) is 0 Å². The quantitative estimate of drug-likeness (QED) is 0.423. The third-order valence-corrected chi connectivity index (χ3v) is 2.82. The van der Waals surface area contributed by atoms with E-state index in [9.17, 15) is 19.2 Å². The van der Waals surface area contributed by atoms with Gasteiger partial charge in [-0.25, -0.2) is 4.79 Å². The molecule has 2 N–H and O–H groups in total. The molecule has 21 heavy (non-hydrogen) atoms. The highest BCUT2D eigenvalue weighted by atomic mass is 16.5. The van der Waals surface area contributed by atoms with Crippen molar-refractivity contribution in [3.8, 4) is 0 Å². The summed E-state index contributed by atoms with van der Waals surface area (Å²) < 4.78 is 13.5. The lowest BCUT2D eigenvalue weighted by Gasteiger charge is -2.25. The van der Waals surface area contributed by atoms with Crippen molar-refractivity contribution in [2.24, 2.45) is 11.8 Å². The van der Waals surface area contributed by atoms with E-state index in [2.05, 4.69) is 19.5 Å². The molecule has 0 saturated heterocycles. The predicted molar refractivity (Wildman–Crippen MR) is 68.1 cm³/mol. The summed E-state index contributed by atoms with van der Waals surface area (Å²) in [5.74, 6) is -6.52. The van der Waals surface area contributed by atoms with Gasteiger partial charge in [-0.1, -0.05) is 6.92 Å². The number of carboxylic acids is 1. The van der Waals surface area contributed by atoms with Crippen molar-refractivity contribution >= 4 is 23.8 Å². The SMILES string of the molecule is COCC(=O)N[C@H](C(=O)O)[C@@H](C)C(C(=O)OC)C(=O)OC. The molecule has 120 valence electrons. The fourth-order valence-electron chi connectivity index (χ4n) is 1.74. The van der Waals surface area contributed by atoms with Crippen molar-refractivity contribution in [1.82, 2.24) is 5.32 Å². The van der Waals surface area contributed by atoms with Crippen LogP contribution in [0.4, 0.5) is 0 Å². The van der Waals surface area contributed by atoms with Crippen molar-refractivity contribution in [2.45, 2.75) is 13.0 Å². The van der Waals surface area contributed by atoms with Crippen LogP contribution in [0.1, 0.15) is 6.92 Å². The molecule has 0 aliphatic carbocycles. The maximum Gasteiger partial charge on any atom is 0.326 e. The van der Waals surface area contributed by atoms with E-state index in [0.717, 1.165) is 14.2 Å². The van der Waals surface area contributed by atoms with Crippen molar-refractivity contribution < 1.29 is 38.5 Å². The number of rotatable bonds is 8. The lowest BCUT2D eigenvalue weighted by Crippen LogP contribution is -2.51. The first-order chi connectivity index (χ1) is 9.79. The second-order valence-corrected chi connectivity index (χ2v) is 4.20. The van der Waals surface area contributed by atoms with Gasteiger partial charge in [0.25, 0.3) is 0 Å². The first-order valence-corrected chi connectivity index (χ1v) is 5.96. The molecule has 0 spiro atoms. The van der Waals surface area contributed by atoms with E-state index in [1.807, 2.05) is 0 Å². The zero-order valence-electron chi connectivity index (χ0n) is 12.2. The van der Waals surface area contributed by atoms with Crippen LogP contribution < -0.4 is 5.32 Å². The maximum absolute atomic E-state index is 11.6. The van der Waals surface area contributed by atoms with E-state index in [4.69, 9.17) is 5.11 Å². The van der Waals surface area contributed by atoms with Gasteiger partial charge in [0.2, 0.25) is 5.91 Å². The molecule has 0 fully saturated rings. The third-order valence-electron chi connectivity index (χ3n) is 2.82. The number of carboxylic acid groups (broad SMARTS) is 1. The summed E-state index contributed by atoms with van der Waals surface area (Å²) in [5, 5.41) is 11.3. The topological polar surface area (TPSA) is 128 Å². The summed E-state index contributed by atoms with van der Waals surface area (Å²) in [4.78, 5) is 46.0. The zero-order chi connectivity index (χ0) is 16.6. The summed E-state index contributed by atoms with van der Waals surface area (Å²) in [5.41, 5.74) is 0. The van der Waals surface area contributed by atoms with Crippen molar-refractivity contribution in [1.29, 1.82) is 0 Å². The first-order valence-electron chi connectivity index (χ1n) is 5.96. The van der Waals surface area contributed by atoms with Gasteiger partial charge in [0, 0.05) is 13.0 Å². The Kier molecular flexibility index (Phi) is 7.99. The number of aliphatic carboxylic acids is 1. The largest absolute Gasteiger partial charge is 0.480 e. The summed E-state index contributed by atoms with van der Waals surface area (Å²) >= 11 is 0. The molecule has 0 rings (SSSR count). The molecular weight excluding hydrogens is 286 g/mol. The van der Waals surface area contributed by atoms with E-state index in [1.165, 1.54) is 14.0 Å². The number of nitrogens with one attached hydrogen (secondary N) is 1. The Morgan fingerprint density at radius 2 is 1.52 bits per heavy atom. The van der Waals surface area contributed by atoms with Crippen LogP contribution in [0, 0.1) is 11.8 Å². The van der Waals surface area contributed by atoms with E-state index in [-0.39, 0.29) is 6.61 Å². The smallest absolute Gasteiger partial charge is 0.326 e. The summed E-state index contributed by atoms with van der Waals surface area (Å²) in [7, 11) is 3.39. The van der Waals surface area contributed by atoms with Gasteiger partial charge in [-0.15, -0.1) is 0 Å². The van der Waals surface area contributed by atoms with Gasteiger partial charge in [-0.2, -0.15) is 0 Å². The van der Waals surface area contributed by atoms with Crippen LogP contribution in [0.25, 0.3) is 0 Å². The predicted octanol–water partition coefficient (Wildman–Crippen LogP) is -1.20. The average Bonchev–Trinajstić information content (AvgIpc) is 2.44. The standard InChI is InChI=1S/C12H19NO8/c1-6(8(11(17)20-3)12(18)21-4)9(10(15)16)13-7(14)5-19-2/h6,8-9H,5H2,1-4H3,(H,13,14)(H,15,16)/t6-,9-/m0/s1. The third kappa shape index (κ3) is 5.38. The molecule has 2 atom stereocenters. The zero-order valence-corrected chi connectivity index (χ0v) is 12.2. The molecule has 0 aromatic carbocycles. The normalized spacial score (nSPS) is 13.2. The van der Waals surface area contributed by atoms with Crippen LogP contribution >= 0.6 is 0 Å². The minimum absolute atomic E-state index is 0.350. The molecule has 0 radical (unpaired) electrons.